The number of hydrogen-bond acceptors (Lipinski definition) is 7. The molecule has 12 aromatic rings. The fraction of sp³-hybridized carbons (Fsp3) is 0. The molecule has 12 rings (SSSR count). The third-order valence-corrected chi connectivity index (χ3v) is 11.6. The minimum Gasteiger partial charge on any atom is -0.454 e. The van der Waals surface area contributed by atoms with Crippen LogP contribution in [-0.4, -0.2) is 24.9 Å². The lowest BCUT2D eigenvalue weighted by molar-refractivity contribution is 0.667. The van der Waals surface area contributed by atoms with Crippen LogP contribution in [0.2, 0.25) is 0 Å². The van der Waals surface area contributed by atoms with Crippen molar-refractivity contribution in [1.29, 1.82) is 0 Å². The fourth-order valence-electron chi connectivity index (χ4n) is 8.57. The van der Waals surface area contributed by atoms with Crippen LogP contribution in [0, 0.1) is 0 Å². The number of pyridine rings is 1. The second-order valence-corrected chi connectivity index (χ2v) is 15.1. The standard InChI is InChI=1S/C53H32N6O/c1-2-4-51-47(3-1)53-48(29-54-30-52(53)60-51)33-9-15-44(16-10-33)59(45-17-11-36-21-34(5-7-40(36)25-45)38-13-19-49-42(23-38)27-55-31-57-49)46-18-12-37-22-35(6-8-41(37)26-46)39-14-20-50-43(24-39)28-56-32-58-50/h1-32H. The van der Waals surface area contributed by atoms with E-state index in [1.165, 1.54) is 0 Å². The van der Waals surface area contributed by atoms with Crippen molar-refractivity contribution in [2.75, 3.05) is 4.90 Å². The number of nitrogens with zero attached hydrogens (tertiary/aromatic N) is 6. The van der Waals surface area contributed by atoms with Crippen LogP contribution in [0.3, 0.4) is 0 Å². The Morgan fingerprint density at radius 2 is 0.867 bits per heavy atom. The highest BCUT2D eigenvalue weighted by atomic mass is 16.3. The molecule has 0 radical (unpaired) electrons. The molecule has 7 nitrogen and oxygen atoms in total. The van der Waals surface area contributed by atoms with Crippen LogP contribution < -0.4 is 4.90 Å². The van der Waals surface area contributed by atoms with Gasteiger partial charge < -0.3 is 9.32 Å². The van der Waals surface area contributed by atoms with Gasteiger partial charge in [-0.05, 0) is 128 Å². The third kappa shape index (κ3) is 5.79. The number of benzene rings is 8. The van der Waals surface area contributed by atoms with Crippen molar-refractivity contribution in [1.82, 2.24) is 24.9 Å². The monoisotopic (exact) mass is 768 g/mol. The Morgan fingerprint density at radius 1 is 0.367 bits per heavy atom. The van der Waals surface area contributed by atoms with Crippen molar-refractivity contribution in [3.8, 4) is 33.4 Å². The summed E-state index contributed by atoms with van der Waals surface area (Å²) in [5.74, 6) is 0. The van der Waals surface area contributed by atoms with Crippen LogP contribution >= 0.6 is 0 Å². The maximum atomic E-state index is 6.18. The first-order chi connectivity index (χ1) is 29.7. The number of rotatable bonds is 6. The third-order valence-electron chi connectivity index (χ3n) is 11.6. The molecule has 0 aliphatic carbocycles. The zero-order chi connectivity index (χ0) is 39.6. The first-order valence-electron chi connectivity index (χ1n) is 19.8. The van der Waals surface area contributed by atoms with E-state index in [9.17, 15) is 0 Å². The van der Waals surface area contributed by atoms with E-state index in [0.29, 0.717) is 0 Å². The molecule has 0 saturated carbocycles. The SMILES string of the molecule is c1ccc2c(c1)oc1cncc(-c3ccc(N(c4ccc5cc(-c6ccc7ncncc7c6)ccc5c4)c4ccc5cc(-c6ccc7ncncc7c6)ccc5c4)cc3)c12. The first-order valence-corrected chi connectivity index (χ1v) is 19.8. The minimum atomic E-state index is 0.780. The van der Waals surface area contributed by atoms with Gasteiger partial charge in [0.15, 0.2) is 5.58 Å². The molecule has 0 spiro atoms. The minimum absolute atomic E-state index is 0.780. The average Bonchev–Trinajstić information content (AvgIpc) is 3.70. The fourth-order valence-corrected chi connectivity index (χ4v) is 8.57. The lowest BCUT2D eigenvalue weighted by Gasteiger charge is -2.26. The second kappa shape index (κ2) is 13.7. The Labute approximate surface area is 343 Å². The molecule has 0 aliphatic heterocycles. The summed E-state index contributed by atoms with van der Waals surface area (Å²) < 4.78 is 6.18. The number of hydrogen-bond donors (Lipinski definition) is 0. The molecule has 0 fully saturated rings. The molecule has 0 amide bonds. The van der Waals surface area contributed by atoms with Crippen LogP contribution in [0.5, 0.6) is 0 Å². The molecular formula is C53H32N6O. The van der Waals surface area contributed by atoms with Gasteiger partial charge in [-0.2, -0.15) is 0 Å². The van der Waals surface area contributed by atoms with E-state index in [0.717, 1.165) is 116 Å². The van der Waals surface area contributed by atoms with Gasteiger partial charge in [0.25, 0.3) is 0 Å². The maximum absolute atomic E-state index is 6.18. The Morgan fingerprint density at radius 3 is 1.48 bits per heavy atom. The molecule has 4 heterocycles. The smallest absolute Gasteiger partial charge is 0.154 e. The molecule has 0 unspecified atom stereocenters. The zero-order valence-corrected chi connectivity index (χ0v) is 32.1. The van der Waals surface area contributed by atoms with Crippen LogP contribution in [0.1, 0.15) is 0 Å². The normalized spacial score (nSPS) is 11.7. The van der Waals surface area contributed by atoms with Gasteiger partial charge in [0, 0.05) is 62.8 Å². The molecule has 280 valence electrons. The Kier molecular flexibility index (Phi) is 7.71. The van der Waals surface area contributed by atoms with Crippen LogP contribution in [0.25, 0.3) is 98.7 Å². The molecule has 60 heavy (non-hydrogen) atoms. The van der Waals surface area contributed by atoms with E-state index in [4.69, 9.17) is 4.42 Å². The van der Waals surface area contributed by atoms with Crippen molar-refractivity contribution < 1.29 is 4.42 Å². The number of anilines is 3. The summed E-state index contributed by atoms with van der Waals surface area (Å²) in [5.41, 5.74) is 13.3. The topological polar surface area (TPSA) is 80.8 Å². The van der Waals surface area contributed by atoms with Gasteiger partial charge in [0.05, 0.1) is 17.2 Å². The predicted molar refractivity (Wildman–Crippen MR) is 244 cm³/mol. The van der Waals surface area contributed by atoms with Crippen LogP contribution in [-0.2, 0) is 0 Å². The summed E-state index contributed by atoms with van der Waals surface area (Å²) in [7, 11) is 0. The summed E-state index contributed by atoms with van der Waals surface area (Å²) in [5, 5.41) is 8.82. The van der Waals surface area contributed by atoms with E-state index in [1.54, 1.807) is 18.9 Å². The number of fused-ring (bicyclic) bond motifs is 7. The highest BCUT2D eigenvalue weighted by molar-refractivity contribution is 6.12. The molecule has 0 aliphatic rings. The lowest BCUT2D eigenvalue weighted by atomic mass is 9.98. The van der Waals surface area contributed by atoms with Gasteiger partial charge in [0.2, 0.25) is 0 Å². The van der Waals surface area contributed by atoms with Crippen molar-refractivity contribution in [2.45, 2.75) is 0 Å². The van der Waals surface area contributed by atoms with Crippen molar-refractivity contribution in [2.24, 2.45) is 0 Å². The molecular weight excluding hydrogens is 737 g/mol. The lowest BCUT2D eigenvalue weighted by Crippen LogP contribution is -2.10. The molecule has 0 N–H and O–H groups in total. The summed E-state index contributed by atoms with van der Waals surface area (Å²) >= 11 is 0. The highest BCUT2D eigenvalue weighted by Crippen LogP contribution is 2.41. The molecule has 0 bridgehead atoms. The Hall–Kier alpha value is -8.29. The average molecular weight is 769 g/mol. The van der Waals surface area contributed by atoms with Gasteiger partial charge in [-0.25, -0.2) is 19.9 Å². The summed E-state index contributed by atoms with van der Waals surface area (Å²) in [6.07, 6.45) is 10.6. The summed E-state index contributed by atoms with van der Waals surface area (Å²) in [6, 6.07) is 56.4. The van der Waals surface area contributed by atoms with Crippen molar-refractivity contribution in [3.63, 3.8) is 0 Å². The van der Waals surface area contributed by atoms with E-state index < -0.39 is 0 Å². The molecule has 7 heteroatoms. The quantitative estimate of drug-likeness (QED) is 0.167. The largest absolute Gasteiger partial charge is 0.454 e. The predicted octanol–water partition coefficient (Wildman–Crippen LogP) is 13.6. The second-order valence-electron chi connectivity index (χ2n) is 15.1. The van der Waals surface area contributed by atoms with Gasteiger partial charge >= 0.3 is 0 Å². The van der Waals surface area contributed by atoms with Crippen LogP contribution in [0.15, 0.2) is 200 Å². The number of aromatic nitrogens is 5. The highest BCUT2D eigenvalue weighted by Gasteiger charge is 2.17. The van der Waals surface area contributed by atoms with E-state index in [-0.39, 0.29) is 0 Å². The molecule has 0 atom stereocenters. The van der Waals surface area contributed by atoms with Gasteiger partial charge in [0.1, 0.15) is 18.2 Å². The van der Waals surface area contributed by atoms with Gasteiger partial charge in [-0.1, -0.05) is 78.9 Å². The molecule has 8 aromatic carbocycles. The first kappa shape index (κ1) is 33.8. The van der Waals surface area contributed by atoms with Gasteiger partial charge in [-0.15, -0.1) is 0 Å². The van der Waals surface area contributed by atoms with Crippen LogP contribution in [0.4, 0.5) is 17.1 Å². The summed E-state index contributed by atoms with van der Waals surface area (Å²) in [4.78, 5) is 24.2. The number of para-hydroxylation sites is 1. The Balaban J connectivity index is 0.955. The summed E-state index contributed by atoms with van der Waals surface area (Å²) in [6.45, 7) is 0. The van der Waals surface area contributed by atoms with Crippen molar-refractivity contribution >= 4 is 82.4 Å². The van der Waals surface area contributed by atoms with E-state index >= 15 is 0 Å². The molecule has 4 aromatic heterocycles. The van der Waals surface area contributed by atoms with Crippen molar-refractivity contribution in [3.05, 3.63) is 195 Å². The zero-order valence-electron chi connectivity index (χ0n) is 32.1. The Bertz CT molecular complexity index is 3470. The van der Waals surface area contributed by atoms with Gasteiger partial charge in [-0.3, -0.25) is 4.98 Å². The van der Waals surface area contributed by atoms with E-state index in [2.05, 4.69) is 175 Å². The number of furan rings is 1. The van der Waals surface area contributed by atoms with E-state index in [1.807, 2.05) is 30.7 Å². The maximum Gasteiger partial charge on any atom is 0.154 e. The molecule has 0 saturated heterocycles.